The molecule has 0 spiro atoms. The van der Waals surface area contributed by atoms with Crippen LogP contribution in [0.4, 0.5) is 0 Å². The van der Waals surface area contributed by atoms with E-state index in [0.717, 1.165) is 41.5 Å². The van der Waals surface area contributed by atoms with Crippen LogP contribution in [-0.4, -0.2) is 43.2 Å². The van der Waals surface area contributed by atoms with Crippen molar-refractivity contribution >= 4 is 10.9 Å². The number of aryl methyl sites for hydroxylation is 1. The van der Waals surface area contributed by atoms with Crippen LogP contribution in [0.2, 0.25) is 0 Å². The maximum absolute atomic E-state index is 13.3. The van der Waals surface area contributed by atoms with Crippen molar-refractivity contribution in [2.45, 2.75) is 39.3 Å². The van der Waals surface area contributed by atoms with Crippen molar-refractivity contribution in [2.24, 2.45) is 5.92 Å². The molecule has 0 radical (unpaired) electrons. The highest BCUT2D eigenvalue weighted by molar-refractivity contribution is 5.79. The fourth-order valence-electron chi connectivity index (χ4n) is 4.77. The van der Waals surface area contributed by atoms with E-state index in [4.69, 9.17) is 0 Å². The summed E-state index contributed by atoms with van der Waals surface area (Å²) >= 11 is 0. The molecule has 1 aliphatic heterocycles. The van der Waals surface area contributed by atoms with E-state index in [-0.39, 0.29) is 11.6 Å². The van der Waals surface area contributed by atoms with Gasteiger partial charge in [0.15, 0.2) is 5.82 Å². The van der Waals surface area contributed by atoms with Gasteiger partial charge in [0.25, 0.3) is 5.56 Å². The number of benzene rings is 2. The molecule has 4 aromatic rings. The Bertz CT molecular complexity index is 1280. The summed E-state index contributed by atoms with van der Waals surface area (Å²) in [5.41, 5.74) is 3.71. The van der Waals surface area contributed by atoms with Gasteiger partial charge in [-0.15, -0.1) is 5.10 Å². The number of rotatable bonds is 5. The first kappa shape index (κ1) is 20.6. The van der Waals surface area contributed by atoms with Gasteiger partial charge < -0.3 is 4.98 Å². The lowest BCUT2D eigenvalue weighted by atomic mass is 9.95. The zero-order valence-electron chi connectivity index (χ0n) is 18.5. The van der Waals surface area contributed by atoms with Crippen LogP contribution in [0.1, 0.15) is 48.3 Å². The molecule has 1 fully saturated rings. The van der Waals surface area contributed by atoms with Gasteiger partial charge in [-0.2, -0.15) is 0 Å². The van der Waals surface area contributed by atoms with Gasteiger partial charge in [-0.1, -0.05) is 49.4 Å². The average molecular weight is 429 g/mol. The van der Waals surface area contributed by atoms with Crippen LogP contribution in [-0.2, 0) is 6.54 Å². The lowest BCUT2D eigenvalue weighted by molar-refractivity contribution is 0.141. The summed E-state index contributed by atoms with van der Waals surface area (Å²) in [6, 6.07) is 18.0. The summed E-state index contributed by atoms with van der Waals surface area (Å²) in [4.78, 5) is 18.8. The smallest absolute Gasteiger partial charge is 0.253 e. The number of likely N-dealkylation sites (tertiary alicyclic amines) is 1. The number of piperidine rings is 1. The molecule has 0 bridgehead atoms. The Morgan fingerprint density at radius 1 is 1.16 bits per heavy atom. The molecule has 2 aromatic heterocycles. The van der Waals surface area contributed by atoms with Crippen molar-refractivity contribution in [3.05, 3.63) is 87.5 Å². The van der Waals surface area contributed by atoms with Crippen molar-refractivity contribution in [1.29, 1.82) is 0 Å². The predicted molar refractivity (Wildman–Crippen MR) is 124 cm³/mol. The van der Waals surface area contributed by atoms with E-state index in [1.54, 1.807) is 0 Å². The molecule has 7 heteroatoms. The molecule has 2 atom stereocenters. The molecular weight excluding hydrogens is 400 g/mol. The van der Waals surface area contributed by atoms with Crippen LogP contribution in [0, 0.1) is 12.8 Å². The Labute approximate surface area is 187 Å². The van der Waals surface area contributed by atoms with Crippen molar-refractivity contribution < 1.29 is 0 Å². The molecule has 1 aliphatic rings. The van der Waals surface area contributed by atoms with Crippen LogP contribution >= 0.6 is 0 Å². The lowest BCUT2D eigenvalue weighted by Crippen LogP contribution is -2.41. The largest absolute Gasteiger partial charge is 0.322 e. The van der Waals surface area contributed by atoms with Gasteiger partial charge in [-0.3, -0.25) is 9.69 Å². The number of aromatic nitrogens is 5. The predicted octanol–water partition coefficient (Wildman–Crippen LogP) is 3.69. The standard InChI is InChI=1S/C25H28N6O/c1-17-10-11-20-14-21(25(32)26-22(20)13-17)23(30-12-6-7-18(2)15-30)24-27-28-29-31(24)16-19-8-4-3-5-9-19/h3-5,8-11,13-14,18,23H,6-7,12,15-16H2,1-2H3,(H,26,32)/t18-,23-/m0/s1. The number of tetrazole rings is 1. The van der Waals surface area contributed by atoms with Gasteiger partial charge in [0.2, 0.25) is 0 Å². The number of hydrogen-bond donors (Lipinski definition) is 1. The fraction of sp³-hybridized carbons (Fsp3) is 0.360. The van der Waals surface area contributed by atoms with Crippen LogP contribution < -0.4 is 5.56 Å². The van der Waals surface area contributed by atoms with Crippen molar-refractivity contribution in [3.63, 3.8) is 0 Å². The molecule has 0 amide bonds. The van der Waals surface area contributed by atoms with Crippen LogP contribution in [0.5, 0.6) is 0 Å². The molecule has 5 rings (SSSR count). The normalized spacial score (nSPS) is 18.1. The van der Waals surface area contributed by atoms with E-state index in [1.807, 2.05) is 41.9 Å². The zero-order chi connectivity index (χ0) is 22.1. The molecule has 3 heterocycles. The van der Waals surface area contributed by atoms with Crippen LogP contribution in [0.25, 0.3) is 10.9 Å². The average Bonchev–Trinajstić information content (AvgIpc) is 3.23. The van der Waals surface area contributed by atoms with E-state index in [1.165, 1.54) is 6.42 Å². The lowest BCUT2D eigenvalue weighted by Gasteiger charge is -2.36. The van der Waals surface area contributed by atoms with Crippen molar-refractivity contribution in [1.82, 2.24) is 30.1 Å². The molecule has 32 heavy (non-hydrogen) atoms. The summed E-state index contributed by atoms with van der Waals surface area (Å²) in [7, 11) is 0. The van der Waals surface area contributed by atoms with Gasteiger partial charge in [0, 0.05) is 17.6 Å². The Hall–Kier alpha value is -3.32. The van der Waals surface area contributed by atoms with Gasteiger partial charge in [-0.05, 0) is 71.3 Å². The maximum Gasteiger partial charge on any atom is 0.253 e. The summed E-state index contributed by atoms with van der Waals surface area (Å²) in [5.74, 6) is 1.27. The maximum atomic E-state index is 13.3. The third-order valence-electron chi connectivity index (χ3n) is 6.36. The molecule has 7 nitrogen and oxygen atoms in total. The van der Waals surface area contributed by atoms with E-state index in [2.05, 4.69) is 56.6 Å². The number of aromatic amines is 1. The molecule has 0 aliphatic carbocycles. The Morgan fingerprint density at radius 2 is 2.00 bits per heavy atom. The zero-order valence-corrected chi connectivity index (χ0v) is 18.5. The van der Waals surface area contributed by atoms with Crippen molar-refractivity contribution in [2.75, 3.05) is 13.1 Å². The monoisotopic (exact) mass is 428 g/mol. The highest BCUT2D eigenvalue weighted by Crippen LogP contribution is 2.31. The number of H-pyrrole nitrogens is 1. The SMILES string of the molecule is Cc1ccc2cc([C@@H](c3nnnn3Cc3ccccc3)N3CCC[C@H](C)C3)c(=O)[nH]c2c1. The summed E-state index contributed by atoms with van der Waals surface area (Å²) in [6.45, 7) is 6.69. The minimum absolute atomic E-state index is 0.0828. The first-order valence-corrected chi connectivity index (χ1v) is 11.3. The highest BCUT2D eigenvalue weighted by atomic mass is 16.1. The first-order valence-electron chi connectivity index (χ1n) is 11.3. The molecule has 0 saturated carbocycles. The third kappa shape index (κ3) is 4.08. The first-order chi connectivity index (χ1) is 15.6. The number of fused-ring (bicyclic) bond motifs is 1. The van der Waals surface area contributed by atoms with Crippen LogP contribution in [0.15, 0.2) is 59.4 Å². The number of nitrogens with zero attached hydrogens (tertiary/aromatic N) is 5. The van der Waals surface area contributed by atoms with E-state index >= 15 is 0 Å². The molecular formula is C25H28N6O. The van der Waals surface area contributed by atoms with Crippen LogP contribution in [0.3, 0.4) is 0 Å². The van der Waals surface area contributed by atoms with Gasteiger partial charge in [0.05, 0.1) is 6.54 Å². The summed E-state index contributed by atoms with van der Waals surface area (Å²) in [5, 5.41) is 13.7. The Balaban J connectivity index is 1.62. The molecule has 1 N–H and O–H groups in total. The quantitative estimate of drug-likeness (QED) is 0.524. The molecule has 2 aromatic carbocycles. The highest BCUT2D eigenvalue weighted by Gasteiger charge is 2.32. The van der Waals surface area contributed by atoms with E-state index in [9.17, 15) is 4.79 Å². The minimum atomic E-state index is -0.300. The number of nitrogens with one attached hydrogen (secondary N) is 1. The minimum Gasteiger partial charge on any atom is -0.322 e. The number of pyridine rings is 1. The second-order valence-electron chi connectivity index (χ2n) is 8.97. The second kappa shape index (κ2) is 8.67. The second-order valence-corrected chi connectivity index (χ2v) is 8.97. The summed E-state index contributed by atoms with van der Waals surface area (Å²) in [6.07, 6.45) is 2.30. The van der Waals surface area contributed by atoms with E-state index < -0.39 is 0 Å². The molecule has 1 saturated heterocycles. The van der Waals surface area contributed by atoms with Gasteiger partial charge in [0.1, 0.15) is 6.04 Å². The Kier molecular flexibility index (Phi) is 5.57. The topological polar surface area (TPSA) is 79.7 Å². The number of hydrogen-bond acceptors (Lipinski definition) is 5. The Morgan fingerprint density at radius 3 is 2.81 bits per heavy atom. The molecule has 164 valence electrons. The fourth-order valence-corrected chi connectivity index (χ4v) is 4.77. The van der Waals surface area contributed by atoms with Gasteiger partial charge >= 0.3 is 0 Å². The summed E-state index contributed by atoms with van der Waals surface area (Å²) < 4.78 is 1.83. The van der Waals surface area contributed by atoms with Gasteiger partial charge in [-0.25, -0.2) is 4.68 Å². The van der Waals surface area contributed by atoms with E-state index in [0.29, 0.717) is 23.9 Å². The third-order valence-corrected chi connectivity index (χ3v) is 6.36. The van der Waals surface area contributed by atoms with Crippen molar-refractivity contribution in [3.8, 4) is 0 Å². The molecule has 0 unspecified atom stereocenters.